The Morgan fingerprint density at radius 2 is 2.35 bits per heavy atom. The molecule has 1 fully saturated rings. The monoisotopic (exact) mass is 274 g/mol. The summed E-state index contributed by atoms with van der Waals surface area (Å²) in [7, 11) is 0. The molecular weight excluding hydrogens is 260 g/mol. The highest BCUT2D eigenvalue weighted by Crippen LogP contribution is 2.53. The lowest BCUT2D eigenvalue weighted by Gasteiger charge is -2.41. The molecule has 17 heavy (non-hydrogen) atoms. The Morgan fingerprint density at radius 1 is 1.65 bits per heavy atom. The van der Waals surface area contributed by atoms with Crippen LogP contribution in [0, 0.1) is 5.92 Å². The SMILES string of the molecule is CCC1C(=O)N2C(C(=O)O)=C(SCCN)S[C@H]12. The predicted molar refractivity (Wildman–Crippen MR) is 68.2 cm³/mol. The summed E-state index contributed by atoms with van der Waals surface area (Å²) in [5.74, 6) is -0.455. The van der Waals surface area contributed by atoms with Crippen LogP contribution in [0.5, 0.6) is 0 Å². The van der Waals surface area contributed by atoms with Gasteiger partial charge in [0.05, 0.1) is 15.5 Å². The Kier molecular flexibility index (Phi) is 3.70. The number of fused-ring (bicyclic) bond motifs is 1. The van der Waals surface area contributed by atoms with E-state index in [2.05, 4.69) is 0 Å². The molecule has 5 nitrogen and oxygen atoms in total. The number of rotatable bonds is 5. The molecule has 1 unspecified atom stereocenters. The molecule has 3 N–H and O–H groups in total. The van der Waals surface area contributed by atoms with Crippen LogP contribution in [0.1, 0.15) is 13.3 Å². The van der Waals surface area contributed by atoms with Crippen molar-refractivity contribution in [3.8, 4) is 0 Å². The van der Waals surface area contributed by atoms with E-state index in [4.69, 9.17) is 5.73 Å². The third kappa shape index (κ3) is 1.96. The molecule has 0 aromatic rings. The summed E-state index contributed by atoms with van der Waals surface area (Å²) < 4.78 is 0.720. The van der Waals surface area contributed by atoms with Gasteiger partial charge in [0.15, 0.2) is 5.70 Å². The lowest BCUT2D eigenvalue weighted by molar-refractivity contribution is -0.151. The van der Waals surface area contributed by atoms with Gasteiger partial charge in [-0.05, 0) is 6.42 Å². The van der Waals surface area contributed by atoms with Crippen LogP contribution in [-0.2, 0) is 9.59 Å². The second-order valence-corrected chi connectivity index (χ2v) is 6.30. The zero-order valence-corrected chi connectivity index (χ0v) is 11.0. The minimum atomic E-state index is -1.03. The molecule has 7 heteroatoms. The third-order valence-corrected chi connectivity index (χ3v) is 5.53. The third-order valence-electron chi connectivity index (χ3n) is 2.81. The number of carboxylic acid groups (broad SMARTS) is 1. The lowest BCUT2D eigenvalue weighted by atomic mass is 9.95. The molecule has 94 valence electrons. The van der Waals surface area contributed by atoms with Crippen molar-refractivity contribution in [2.75, 3.05) is 12.3 Å². The molecule has 1 saturated heterocycles. The first-order chi connectivity index (χ1) is 8.11. The first-order valence-electron chi connectivity index (χ1n) is 5.42. The van der Waals surface area contributed by atoms with E-state index in [1.807, 2.05) is 6.92 Å². The highest BCUT2D eigenvalue weighted by atomic mass is 32.2. The van der Waals surface area contributed by atoms with Crippen molar-refractivity contribution in [1.82, 2.24) is 4.90 Å². The van der Waals surface area contributed by atoms with Gasteiger partial charge in [-0.25, -0.2) is 4.79 Å². The van der Waals surface area contributed by atoms with Crippen molar-refractivity contribution >= 4 is 35.4 Å². The van der Waals surface area contributed by atoms with E-state index >= 15 is 0 Å². The quantitative estimate of drug-likeness (QED) is 0.724. The van der Waals surface area contributed by atoms with E-state index < -0.39 is 5.97 Å². The summed E-state index contributed by atoms with van der Waals surface area (Å²) in [4.78, 5) is 24.4. The maximum Gasteiger partial charge on any atom is 0.354 e. The topological polar surface area (TPSA) is 83.6 Å². The molecule has 2 rings (SSSR count). The van der Waals surface area contributed by atoms with Crippen molar-refractivity contribution in [3.05, 3.63) is 9.93 Å². The molecule has 0 spiro atoms. The average Bonchev–Trinajstić information content (AvgIpc) is 2.62. The average molecular weight is 274 g/mol. The van der Waals surface area contributed by atoms with Crippen LogP contribution in [-0.4, -0.2) is 39.6 Å². The van der Waals surface area contributed by atoms with Crippen LogP contribution in [0.2, 0.25) is 0 Å². The number of carbonyl (C=O) groups is 2. The number of aliphatic carboxylic acids is 1. The van der Waals surface area contributed by atoms with Crippen LogP contribution >= 0.6 is 23.5 Å². The van der Waals surface area contributed by atoms with Crippen LogP contribution in [0.15, 0.2) is 9.93 Å². The first-order valence-corrected chi connectivity index (χ1v) is 7.28. The minimum absolute atomic E-state index is 0.0149. The molecule has 0 radical (unpaired) electrons. The van der Waals surface area contributed by atoms with Crippen LogP contribution in [0.4, 0.5) is 0 Å². The summed E-state index contributed by atoms with van der Waals surface area (Å²) in [6, 6.07) is 0. The number of amides is 1. The minimum Gasteiger partial charge on any atom is -0.477 e. The Balaban J connectivity index is 2.20. The molecule has 2 heterocycles. The fraction of sp³-hybridized carbons (Fsp3) is 0.600. The molecule has 0 saturated carbocycles. The predicted octanol–water partition coefficient (Wildman–Crippen LogP) is 0.873. The number of hydrogen-bond acceptors (Lipinski definition) is 5. The van der Waals surface area contributed by atoms with Crippen molar-refractivity contribution in [3.63, 3.8) is 0 Å². The van der Waals surface area contributed by atoms with Crippen molar-refractivity contribution in [1.29, 1.82) is 0 Å². The van der Waals surface area contributed by atoms with Crippen molar-refractivity contribution in [2.24, 2.45) is 11.7 Å². The first kappa shape index (κ1) is 12.8. The second-order valence-electron chi connectivity index (χ2n) is 3.81. The Hall–Kier alpha value is -0.660. The second kappa shape index (κ2) is 4.91. The summed E-state index contributed by atoms with van der Waals surface area (Å²) in [5, 5.41) is 9.16. The standard InChI is InChI=1S/C10H14N2O3S2/c1-2-5-7(13)12-6(9(14)15)10(16-4-3-11)17-8(5)12/h5,8H,2-4,11H2,1H3,(H,14,15)/t5?,8-/m1/s1. The lowest BCUT2D eigenvalue weighted by Crippen LogP contribution is -2.56. The maximum atomic E-state index is 11.8. The summed E-state index contributed by atoms with van der Waals surface area (Å²) in [5.41, 5.74) is 5.56. The van der Waals surface area contributed by atoms with E-state index in [0.717, 1.165) is 10.7 Å². The Morgan fingerprint density at radius 3 is 2.88 bits per heavy atom. The van der Waals surface area contributed by atoms with E-state index in [1.165, 1.54) is 28.4 Å². The largest absolute Gasteiger partial charge is 0.477 e. The molecule has 0 aromatic carbocycles. The van der Waals surface area contributed by atoms with Gasteiger partial charge in [0.2, 0.25) is 5.91 Å². The van der Waals surface area contributed by atoms with E-state index in [9.17, 15) is 14.7 Å². The fourth-order valence-electron chi connectivity index (χ4n) is 1.98. The number of hydrogen-bond donors (Lipinski definition) is 2. The van der Waals surface area contributed by atoms with Gasteiger partial charge < -0.3 is 10.8 Å². The van der Waals surface area contributed by atoms with Crippen LogP contribution in [0.3, 0.4) is 0 Å². The molecular formula is C10H14N2O3S2. The molecule has 0 aliphatic carbocycles. The summed E-state index contributed by atoms with van der Waals surface area (Å²) >= 11 is 2.91. The van der Waals surface area contributed by atoms with Gasteiger partial charge in [0.1, 0.15) is 0 Å². The van der Waals surface area contributed by atoms with Crippen molar-refractivity contribution < 1.29 is 14.7 Å². The molecule has 0 bridgehead atoms. The number of carboxylic acids is 1. The molecule has 2 aliphatic heterocycles. The number of nitrogens with two attached hydrogens (primary N) is 1. The van der Waals surface area contributed by atoms with Gasteiger partial charge in [0.25, 0.3) is 0 Å². The number of nitrogens with zero attached hydrogens (tertiary/aromatic N) is 1. The van der Waals surface area contributed by atoms with E-state index in [1.54, 1.807) is 0 Å². The molecule has 1 amide bonds. The van der Waals surface area contributed by atoms with Gasteiger partial charge in [-0.2, -0.15) is 0 Å². The van der Waals surface area contributed by atoms with Gasteiger partial charge in [0, 0.05) is 12.3 Å². The molecule has 2 aliphatic rings. The van der Waals surface area contributed by atoms with E-state index in [0.29, 0.717) is 12.3 Å². The van der Waals surface area contributed by atoms with Crippen LogP contribution < -0.4 is 5.73 Å². The fourth-order valence-corrected chi connectivity index (χ4v) is 4.73. The summed E-state index contributed by atoms with van der Waals surface area (Å²) in [6.45, 7) is 2.45. The molecule has 0 aromatic heterocycles. The number of carbonyl (C=O) groups excluding carboxylic acids is 1. The highest BCUT2D eigenvalue weighted by Gasteiger charge is 2.55. The smallest absolute Gasteiger partial charge is 0.354 e. The maximum absolute atomic E-state index is 11.8. The summed E-state index contributed by atoms with van der Waals surface area (Å²) in [6.07, 6.45) is 0.759. The number of β-lactam (4-membered cyclic amide) rings is 1. The van der Waals surface area contributed by atoms with Gasteiger partial charge in [-0.3, -0.25) is 9.69 Å². The zero-order chi connectivity index (χ0) is 12.6. The van der Waals surface area contributed by atoms with Gasteiger partial charge in [-0.1, -0.05) is 18.7 Å². The highest BCUT2D eigenvalue weighted by molar-refractivity contribution is 8.22. The van der Waals surface area contributed by atoms with Gasteiger partial charge >= 0.3 is 5.97 Å². The van der Waals surface area contributed by atoms with Gasteiger partial charge in [-0.15, -0.1) is 11.8 Å². The number of thioether (sulfide) groups is 2. The van der Waals surface area contributed by atoms with Crippen molar-refractivity contribution in [2.45, 2.75) is 18.7 Å². The normalized spacial score (nSPS) is 27.2. The molecule has 2 atom stereocenters. The Labute approximate surface area is 108 Å². The zero-order valence-electron chi connectivity index (χ0n) is 9.38. The Bertz CT molecular complexity index is 397. The van der Waals surface area contributed by atoms with E-state index in [-0.39, 0.29) is 22.9 Å². The van der Waals surface area contributed by atoms with Crippen LogP contribution in [0.25, 0.3) is 0 Å².